The highest BCUT2D eigenvalue weighted by molar-refractivity contribution is 6.02. The average Bonchev–Trinajstić information content (AvgIpc) is 3.92. The highest BCUT2D eigenvalue weighted by atomic mass is 16.6. The van der Waals surface area contributed by atoms with Crippen LogP contribution in [0.2, 0.25) is 0 Å². The van der Waals surface area contributed by atoms with E-state index in [2.05, 4.69) is 31.2 Å². The van der Waals surface area contributed by atoms with E-state index in [-0.39, 0.29) is 48.4 Å². The van der Waals surface area contributed by atoms with E-state index in [0.29, 0.717) is 69.3 Å². The van der Waals surface area contributed by atoms with E-state index in [0.717, 1.165) is 29.6 Å². The van der Waals surface area contributed by atoms with Gasteiger partial charge in [0.05, 0.1) is 37.4 Å². The Morgan fingerprint density at radius 1 is 1.04 bits per heavy atom. The quantitative estimate of drug-likeness (QED) is 0.0979. The lowest BCUT2D eigenvalue weighted by Gasteiger charge is -2.21. The van der Waals surface area contributed by atoms with Crippen LogP contribution < -0.4 is 21.6 Å². The van der Waals surface area contributed by atoms with Crippen molar-refractivity contribution in [1.82, 2.24) is 39.7 Å². The fourth-order valence-electron chi connectivity index (χ4n) is 7.03. The van der Waals surface area contributed by atoms with E-state index in [9.17, 15) is 24.0 Å². The Hall–Kier alpha value is -5.29. The maximum atomic E-state index is 13.1. The molecular formula is C36H47N9O8. The molecule has 6 rings (SSSR count). The molecule has 17 nitrogen and oxygen atoms in total. The van der Waals surface area contributed by atoms with Gasteiger partial charge in [-0.1, -0.05) is 12.1 Å². The number of amides is 4. The molecule has 0 bridgehead atoms. The summed E-state index contributed by atoms with van der Waals surface area (Å²) in [6.45, 7) is 5.72. The standard InChI is InChI=1S/C36H47N9O8/c1-22(2)38-35(49)53-25-10-9-24(20-25)26-21-30(42-41-26)39-33(47)28-13-14-37-44(28)15-17-52-19-18-51-16-5-7-23-6-4-8-27-32(23)43(3)36(50)45(27)29-11-12-31(46)40-34(29)48/h4,6,8,13-14,21-22,24-25,29H,5,7,9-12,15-20H2,1-3H3,(H,38,49)(H,40,46,48)(H2,39,41,42,47)/t24-,25+,29?/m0/s1. The molecule has 1 saturated carbocycles. The topological polar surface area (TPSA) is 205 Å². The van der Waals surface area contributed by atoms with Crippen molar-refractivity contribution in [2.24, 2.45) is 7.05 Å². The number of para-hydroxylation sites is 1. The van der Waals surface area contributed by atoms with Crippen LogP contribution in [0.4, 0.5) is 10.6 Å². The van der Waals surface area contributed by atoms with Gasteiger partial charge in [-0.2, -0.15) is 10.2 Å². The summed E-state index contributed by atoms with van der Waals surface area (Å²) in [5.41, 5.74) is 3.37. The Kier molecular flexibility index (Phi) is 12.0. The summed E-state index contributed by atoms with van der Waals surface area (Å²) in [6.07, 6.45) is 5.15. The van der Waals surface area contributed by atoms with Gasteiger partial charge >= 0.3 is 11.8 Å². The van der Waals surface area contributed by atoms with Crippen molar-refractivity contribution in [3.05, 3.63) is 64.0 Å². The lowest BCUT2D eigenvalue weighted by Crippen LogP contribution is -2.44. The number of hydrogen-bond donors (Lipinski definition) is 4. The third-order valence-electron chi connectivity index (χ3n) is 9.56. The molecule has 2 aliphatic rings. The van der Waals surface area contributed by atoms with Gasteiger partial charge in [0.15, 0.2) is 5.82 Å². The SMILES string of the molecule is CC(C)NC(=O)O[C@@H]1CC[C@H](c2cc(NC(=O)c3ccnn3CCOCCOCCCc3cccc4c3n(C)c(=O)n4C3CCC(=O)NC3=O)n[nH]2)C1. The van der Waals surface area contributed by atoms with Gasteiger partial charge in [0.1, 0.15) is 17.8 Å². The van der Waals surface area contributed by atoms with Crippen LogP contribution in [-0.4, -0.2) is 91.5 Å². The van der Waals surface area contributed by atoms with Crippen molar-refractivity contribution in [2.45, 2.75) is 89.4 Å². The first-order chi connectivity index (χ1) is 25.6. The number of imide groups is 1. The van der Waals surface area contributed by atoms with Crippen molar-refractivity contribution in [2.75, 3.05) is 31.7 Å². The highest BCUT2D eigenvalue weighted by Gasteiger charge is 2.32. The number of benzene rings is 1. The number of anilines is 1. The Morgan fingerprint density at radius 3 is 2.64 bits per heavy atom. The number of imidazole rings is 1. The van der Waals surface area contributed by atoms with Gasteiger partial charge in [-0.05, 0) is 70.1 Å². The molecule has 1 aliphatic heterocycles. The molecule has 1 unspecified atom stereocenters. The second-order valence-corrected chi connectivity index (χ2v) is 13.7. The van der Waals surface area contributed by atoms with Crippen LogP contribution in [0.3, 0.4) is 0 Å². The van der Waals surface area contributed by atoms with Crippen LogP contribution >= 0.6 is 0 Å². The zero-order valence-electron chi connectivity index (χ0n) is 30.3. The second kappa shape index (κ2) is 17.0. The van der Waals surface area contributed by atoms with Crippen LogP contribution in [0.5, 0.6) is 0 Å². The number of carbonyl (C=O) groups is 4. The first-order valence-electron chi connectivity index (χ1n) is 18.1. The average molecular weight is 734 g/mol. The molecule has 1 saturated heterocycles. The summed E-state index contributed by atoms with van der Waals surface area (Å²) in [7, 11) is 1.69. The summed E-state index contributed by atoms with van der Waals surface area (Å²) in [5.74, 6) is -0.570. The van der Waals surface area contributed by atoms with Crippen molar-refractivity contribution in [1.29, 1.82) is 0 Å². The normalized spacial score (nSPS) is 18.8. The predicted molar refractivity (Wildman–Crippen MR) is 192 cm³/mol. The summed E-state index contributed by atoms with van der Waals surface area (Å²) in [5, 5.41) is 19.4. The maximum Gasteiger partial charge on any atom is 0.407 e. The number of nitrogens with zero attached hydrogens (tertiary/aromatic N) is 5. The fourth-order valence-corrected chi connectivity index (χ4v) is 7.03. The van der Waals surface area contributed by atoms with E-state index in [1.807, 2.05) is 38.1 Å². The first kappa shape index (κ1) is 37.5. The molecule has 1 aliphatic carbocycles. The Morgan fingerprint density at radius 2 is 1.85 bits per heavy atom. The van der Waals surface area contributed by atoms with Gasteiger partial charge in [-0.15, -0.1) is 0 Å². The monoisotopic (exact) mass is 733 g/mol. The number of nitrogens with one attached hydrogen (secondary N) is 4. The third kappa shape index (κ3) is 9.03. The molecule has 3 atom stereocenters. The number of carbonyl (C=O) groups excluding carboxylic acids is 4. The van der Waals surface area contributed by atoms with Gasteiger partial charge in [-0.3, -0.25) is 38.6 Å². The zero-order chi connectivity index (χ0) is 37.5. The smallest absolute Gasteiger partial charge is 0.407 e. The summed E-state index contributed by atoms with van der Waals surface area (Å²) >= 11 is 0. The minimum atomic E-state index is -0.722. The number of aromatic amines is 1. The van der Waals surface area contributed by atoms with Crippen molar-refractivity contribution < 1.29 is 33.4 Å². The molecule has 1 aromatic carbocycles. The van der Waals surface area contributed by atoms with E-state index < -0.39 is 18.0 Å². The summed E-state index contributed by atoms with van der Waals surface area (Å²) < 4.78 is 21.7. The summed E-state index contributed by atoms with van der Waals surface area (Å²) in [4.78, 5) is 62.3. The van der Waals surface area contributed by atoms with Gasteiger partial charge < -0.3 is 24.8 Å². The number of hydrogen-bond acceptors (Lipinski definition) is 10. The molecule has 0 radical (unpaired) electrons. The number of alkyl carbamates (subject to hydrolysis) is 1. The van der Waals surface area contributed by atoms with E-state index >= 15 is 0 Å². The van der Waals surface area contributed by atoms with Crippen molar-refractivity contribution in [3.63, 3.8) is 0 Å². The number of fused-ring (bicyclic) bond motifs is 1. The lowest BCUT2D eigenvalue weighted by atomic mass is 10.0. The molecule has 284 valence electrons. The van der Waals surface area contributed by atoms with Crippen LogP contribution in [0.1, 0.15) is 86.1 Å². The molecule has 4 N–H and O–H groups in total. The fraction of sp³-hybridized carbons (Fsp3) is 0.528. The predicted octanol–water partition coefficient (Wildman–Crippen LogP) is 2.93. The van der Waals surface area contributed by atoms with Crippen LogP contribution in [0.25, 0.3) is 11.0 Å². The molecule has 0 spiro atoms. The molecule has 4 aromatic rings. The van der Waals surface area contributed by atoms with Crippen LogP contribution in [0, 0.1) is 0 Å². The number of H-pyrrole nitrogens is 1. The number of rotatable bonds is 16. The minimum Gasteiger partial charge on any atom is -0.446 e. The minimum absolute atomic E-state index is 0.0109. The number of aromatic nitrogens is 6. The second-order valence-electron chi connectivity index (χ2n) is 13.7. The number of aryl methyl sites for hydroxylation is 2. The van der Waals surface area contributed by atoms with E-state index in [4.69, 9.17) is 14.2 Å². The Labute approximate surface area is 305 Å². The Bertz CT molecular complexity index is 1990. The Balaban J connectivity index is 0.892. The lowest BCUT2D eigenvalue weighted by molar-refractivity contribution is -0.135. The molecule has 17 heteroatoms. The molecule has 2 fully saturated rings. The van der Waals surface area contributed by atoms with Gasteiger partial charge in [0, 0.05) is 50.0 Å². The zero-order valence-corrected chi connectivity index (χ0v) is 30.3. The number of ether oxygens (including phenoxy) is 3. The molecular weight excluding hydrogens is 686 g/mol. The third-order valence-corrected chi connectivity index (χ3v) is 9.56. The van der Waals surface area contributed by atoms with E-state index in [1.54, 1.807) is 28.6 Å². The van der Waals surface area contributed by atoms with Crippen molar-refractivity contribution in [3.8, 4) is 0 Å². The van der Waals surface area contributed by atoms with Gasteiger partial charge in [0.25, 0.3) is 5.91 Å². The maximum absolute atomic E-state index is 13.1. The highest BCUT2D eigenvalue weighted by Crippen LogP contribution is 2.36. The molecule has 53 heavy (non-hydrogen) atoms. The summed E-state index contributed by atoms with van der Waals surface area (Å²) in [6, 6.07) is 8.40. The molecule has 3 aromatic heterocycles. The molecule has 4 amide bonds. The first-order valence-corrected chi connectivity index (χ1v) is 18.1. The van der Waals surface area contributed by atoms with Crippen LogP contribution in [0.15, 0.2) is 41.3 Å². The van der Waals surface area contributed by atoms with Crippen molar-refractivity contribution >= 4 is 40.7 Å². The van der Waals surface area contributed by atoms with Gasteiger partial charge in [0.2, 0.25) is 11.8 Å². The molecule has 4 heterocycles. The largest absolute Gasteiger partial charge is 0.446 e. The van der Waals surface area contributed by atoms with Crippen LogP contribution in [-0.2, 0) is 43.8 Å². The number of piperidine rings is 1. The van der Waals surface area contributed by atoms with E-state index in [1.165, 1.54) is 4.57 Å². The van der Waals surface area contributed by atoms with Gasteiger partial charge in [-0.25, -0.2) is 9.59 Å².